The van der Waals surface area contributed by atoms with Gasteiger partial charge in [-0.05, 0) is 76.3 Å². The molecule has 1 atom stereocenters. The number of benzene rings is 5. The molecule has 0 fully saturated rings. The van der Waals surface area contributed by atoms with Gasteiger partial charge in [0.2, 0.25) is 0 Å². The minimum Gasteiger partial charge on any atom is -0.349 e. The first-order valence-corrected chi connectivity index (χ1v) is 15.8. The van der Waals surface area contributed by atoms with Gasteiger partial charge in [0.15, 0.2) is 12.4 Å². The minimum absolute atomic E-state index is 0.0254. The number of fused-ring (bicyclic) bond motifs is 7. The predicted molar refractivity (Wildman–Crippen MR) is 186 cm³/mol. The molecule has 0 saturated heterocycles. The molecule has 0 amide bonds. The van der Waals surface area contributed by atoms with Crippen molar-refractivity contribution >= 4 is 38.9 Å². The molecule has 2 aromatic heterocycles. The SMILES string of the molecule is CN1c2ccccc2N(c2ccccc2)C1c1ccc2c(c1)c1cc3c(cc1n2-c1cc[n+](C)cc1)C(C)(C)c1ccccc1-3. The summed E-state index contributed by atoms with van der Waals surface area (Å²) < 4.78 is 4.55. The van der Waals surface area contributed by atoms with Gasteiger partial charge in [-0.2, -0.15) is 0 Å². The number of anilines is 3. The van der Waals surface area contributed by atoms with Gasteiger partial charge in [-0.15, -0.1) is 0 Å². The summed E-state index contributed by atoms with van der Waals surface area (Å²) in [6.45, 7) is 4.73. The fraction of sp³-hybridized carbons (Fsp3) is 0.146. The third-order valence-electron chi connectivity index (χ3n) is 10.2. The summed E-state index contributed by atoms with van der Waals surface area (Å²) in [7, 11) is 4.29. The number of aryl methyl sites for hydroxylation is 1. The molecule has 0 N–H and O–H groups in total. The molecule has 0 spiro atoms. The van der Waals surface area contributed by atoms with Crippen molar-refractivity contribution in [3.63, 3.8) is 0 Å². The largest absolute Gasteiger partial charge is 0.349 e. The Morgan fingerprint density at radius 3 is 2.09 bits per heavy atom. The van der Waals surface area contributed by atoms with Gasteiger partial charge in [0.1, 0.15) is 13.2 Å². The lowest BCUT2D eigenvalue weighted by molar-refractivity contribution is -0.671. The monoisotopic (exact) mass is 583 g/mol. The van der Waals surface area contributed by atoms with Crippen molar-refractivity contribution in [1.29, 1.82) is 0 Å². The van der Waals surface area contributed by atoms with E-state index in [0.717, 1.165) is 0 Å². The summed E-state index contributed by atoms with van der Waals surface area (Å²) in [4.78, 5) is 4.89. The third kappa shape index (κ3) is 3.63. The van der Waals surface area contributed by atoms with Crippen LogP contribution in [0.2, 0.25) is 0 Å². The average molecular weight is 584 g/mol. The molecule has 0 radical (unpaired) electrons. The second kappa shape index (κ2) is 9.33. The van der Waals surface area contributed by atoms with E-state index in [-0.39, 0.29) is 11.6 Å². The Bertz CT molecular complexity index is 2280. The second-order valence-corrected chi connectivity index (χ2v) is 13.1. The van der Waals surface area contributed by atoms with Crippen molar-refractivity contribution in [2.24, 2.45) is 7.05 Å². The molecule has 2 aliphatic rings. The zero-order chi connectivity index (χ0) is 30.4. The first-order chi connectivity index (χ1) is 21.9. The summed E-state index contributed by atoms with van der Waals surface area (Å²) in [5.41, 5.74) is 14.0. The minimum atomic E-state index is -0.0653. The third-order valence-corrected chi connectivity index (χ3v) is 10.2. The first kappa shape index (κ1) is 26.1. The zero-order valence-corrected chi connectivity index (χ0v) is 26.1. The van der Waals surface area contributed by atoms with Crippen molar-refractivity contribution < 1.29 is 4.57 Å². The van der Waals surface area contributed by atoms with Gasteiger partial charge in [-0.3, -0.25) is 0 Å². The molecule has 7 aromatic rings. The maximum absolute atomic E-state index is 2.48. The van der Waals surface area contributed by atoms with E-state index in [2.05, 4.69) is 181 Å². The van der Waals surface area contributed by atoms with Crippen LogP contribution in [-0.2, 0) is 12.5 Å². The first-order valence-electron chi connectivity index (χ1n) is 15.8. The summed E-state index contributed by atoms with van der Waals surface area (Å²) >= 11 is 0. The van der Waals surface area contributed by atoms with E-state index in [9.17, 15) is 0 Å². The van der Waals surface area contributed by atoms with Gasteiger partial charge in [0.25, 0.3) is 0 Å². The maximum atomic E-state index is 2.48. The van der Waals surface area contributed by atoms with Crippen molar-refractivity contribution in [3.8, 4) is 16.8 Å². The Labute approximate surface area is 264 Å². The van der Waals surface area contributed by atoms with Crippen LogP contribution in [0.25, 0.3) is 38.6 Å². The van der Waals surface area contributed by atoms with Gasteiger partial charge >= 0.3 is 0 Å². The Morgan fingerprint density at radius 2 is 1.29 bits per heavy atom. The van der Waals surface area contributed by atoms with E-state index >= 15 is 0 Å². The molecule has 4 nitrogen and oxygen atoms in total. The molecule has 1 unspecified atom stereocenters. The fourth-order valence-corrected chi connectivity index (χ4v) is 7.96. The highest BCUT2D eigenvalue weighted by Crippen LogP contribution is 2.52. The lowest BCUT2D eigenvalue weighted by Crippen LogP contribution is -2.30. The Morgan fingerprint density at radius 1 is 0.600 bits per heavy atom. The molecule has 45 heavy (non-hydrogen) atoms. The number of hydrogen-bond acceptors (Lipinski definition) is 2. The van der Waals surface area contributed by atoms with Crippen LogP contribution < -0.4 is 14.4 Å². The Hall–Kier alpha value is -5.35. The molecule has 0 bridgehead atoms. The summed E-state index contributed by atoms with van der Waals surface area (Å²) in [6, 6.07) is 44.9. The zero-order valence-electron chi connectivity index (χ0n) is 26.1. The van der Waals surface area contributed by atoms with E-state index in [1.807, 2.05) is 0 Å². The maximum Gasteiger partial charge on any atom is 0.170 e. The van der Waals surface area contributed by atoms with Gasteiger partial charge in [0.05, 0.1) is 28.1 Å². The van der Waals surface area contributed by atoms with E-state index in [1.165, 1.54) is 72.4 Å². The topological polar surface area (TPSA) is 15.3 Å². The van der Waals surface area contributed by atoms with Gasteiger partial charge in [0, 0.05) is 41.1 Å². The molecule has 9 rings (SSSR count). The summed E-state index contributed by atoms with van der Waals surface area (Å²) in [5.74, 6) is 0. The highest BCUT2D eigenvalue weighted by Gasteiger charge is 2.38. The molecule has 1 aliphatic carbocycles. The number of hydrogen-bond donors (Lipinski definition) is 0. The second-order valence-electron chi connectivity index (χ2n) is 13.1. The van der Waals surface area contributed by atoms with Gasteiger partial charge in [-0.25, -0.2) is 4.57 Å². The molecule has 0 saturated carbocycles. The predicted octanol–water partition coefficient (Wildman–Crippen LogP) is 9.20. The van der Waals surface area contributed by atoms with Crippen LogP contribution in [-0.4, -0.2) is 11.6 Å². The van der Waals surface area contributed by atoms with Crippen LogP contribution in [0.3, 0.4) is 0 Å². The van der Waals surface area contributed by atoms with Gasteiger partial charge < -0.3 is 14.4 Å². The molecular formula is C41H35N4+. The highest BCUT2D eigenvalue weighted by molar-refractivity contribution is 6.12. The van der Waals surface area contributed by atoms with Crippen LogP contribution in [0.15, 0.2) is 134 Å². The van der Waals surface area contributed by atoms with E-state index < -0.39 is 0 Å². The van der Waals surface area contributed by atoms with Crippen LogP contribution >= 0.6 is 0 Å². The summed E-state index contributed by atoms with van der Waals surface area (Å²) in [5, 5.41) is 2.56. The van der Waals surface area contributed by atoms with Crippen molar-refractivity contribution in [3.05, 3.63) is 150 Å². The van der Waals surface area contributed by atoms with Gasteiger partial charge in [-0.1, -0.05) is 74.5 Å². The normalized spacial score (nSPS) is 16.3. The van der Waals surface area contributed by atoms with E-state index in [1.54, 1.807) is 0 Å². The lowest BCUT2D eigenvalue weighted by atomic mass is 9.82. The fourth-order valence-electron chi connectivity index (χ4n) is 7.96. The van der Waals surface area contributed by atoms with E-state index in [0.29, 0.717) is 0 Å². The molecular weight excluding hydrogens is 548 g/mol. The Kier molecular flexibility index (Phi) is 5.41. The molecule has 5 aromatic carbocycles. The standard InChI is InChI=1S/C41H35N4/c1-41(2)34-15-9-8-14-30(34)31-25-33-32-24-27(18-19-36(32)44(39(33)26-35(31)41)29-20-22-42(3)23-21-29)40-43(4)37-16-10-11-17-38(37)45(40)28-12-6-5-7-13-28/h5-26,40H,1-4H3/q+1. The van der Waals surface area contributed by atoms with Crippen LogP contribution in [0.5, 0.6) is 0 Å². The number of rotatable bonds is 3. The quantitative estimate of drug-likeness (QED) is 0.193. The highest BCUT2D eigenvalue weighted by atomic mass is 15.4. The van der Waals surface area contributed by atoms with Crippen molar-refractivity contribution in [2.45, 2.75) is 25.4 Å². The van der Waals surface area contributed by atoms with Crippen LogP contribution in [0.1, 0.15) is 36.7 Å². The molecule has 1 aliphatic heterocycles. The molecule has 4 heteroatoms. The molecule has 218 valence electrons. The number of aromatic nitrogens is 2. The molecule has 3 heterocycles. The van der Waals surface area contributed by atoms with Crippen LogP contribution in [0.4, 0.5) is 17.1 Å². The Balaban J connectivity index is 1.32. The van der Waals surface area contributed by atoms with Crippen LogP contribution in [0, 0.1) is 0 Å². The average Bonchev–Trinajstić information content (AvgIpc) is 3.63. The lowest BCUT2D eigenvalue weighted by Gasteiger charge is -2.31. The van der Waals surface area contributed by atoms with E-state index in [4.69, 9.17) is 0 Å². The number of pyridine rings is 1. The number of para-hydroxylation sites is 3. The van der Waals surface area contributed by atoms with Crippen molar-refractivity contribution in [1.82, 2.24) is 4.57 Å². The van der Waals surface area contributed by atoms with Crippen molar-refractivity contribution in [2.75, 3.05) is 16.8 Å². The summed E-state index contributed by atoms with van der Waals surface area (Å²) in [6.07, 6.45) is 4.30. The number of nitrogens with zero attached hydrogens (tertiary/aromatic N) is 4. The smallest absolute Gasteiger partial charge is 0.170 e.